The number of aromatic nitrogens is 4. The summed E-state index contributed by atoms with van der Waals surface area (Å²) in [5, 5.41) is 3.85. The molecule has 148 valence electrons. The summed E-state index contributed by atoms with van der Waals surface area (Å²) in [4.78, 5) is 20.2. The Morgan fingerprint density at radius 1 is 1.04 bits per heavy atom. The number of ether oxygens (including phenoxy) is 1. The van der Waals surface area contributed by atoms with Crippen molar-refractivity contribution in [2.24, 2.45) is 0 Å². The van der Waals surface area contributed by atoms with Crippen molar-refractivity contribution in [1.82, 2.24) is 24.6 Å². The molecule has 7 heteroatoms. The lowest BCUT2D eigenvalue weighted by Crippen LogP contribution is -2.31. The molecule has 1 fully saturated rings. The lowest BCUT2D eigenvalue weighted by Gasteiger charge is -2.26. The summed E-state index contributed by atoms with van der Waals surface area (Å²) in [6.07, 6.45) is 10.5. The Morgan fingerprint density at radius 2 is 1.75 bits per heavy atom. The Labute approximate surface area is 165 Å². The van der Waals surface area contributed by atoms with Gasteiger partial charge in [0.25, 0.3) is 0 Å². The van der Waals surface area contributed by atoms with Crippen LogP contribution in [0.15, 0.2) is 59.9 Å². The number of aromatic amines is 1. The molecule has 0 unspecified atom stereocenters. The van der Waals surface area contributed by atoms with Crippen molar-refractivity contribution in [2.75, 3.05) is 26.7 Å². The molecule has 1 N–H and O–H groups in total. The number of rotatable bonds is 5. The van der Waals surface area contributed by atoms with Crippen LogP contribution in [0.25, 0.3) is 5.69 Å². The Kier molecular flexibility index (Phi) is 7.37. The van der Waals surface area contributed by atoms with Gasteiger partial charge in [0.15, 0.2) is 0 Å². The molecule has 1 aliphatic rings. The lowest BCUT2D eigenvalue weighted by atomic mass is 10.1. The van der Waals surface area contributed by atoms with E-state index in [-0.39, 0.29) is 5.69 Å². The van der Waals surface area contributed by atoms with Gasteiger partial charge in [-0.2, -0.15) is 9.78 Å². The zero-order valence-electron chi connectivity index (χ0n) is 16.3. The zero-order valence-corrected chi connectivity index (χ0v) is 16.3. The van der Waals surface area contributed by atoms with Gasteiger partial charge in [0, 0.05) is 18.9 Å². The van der Waals surface area contributed by atoms with Gasteiger partial charge in [-0.15, -0.1) is 0 Å². The van der Waals surface area contributed by atoms with Crippen molar-refractivity contribution in [3.05, 3.63) is 71.2 Å². The Bertz CT molecular complexity index is 868. The minimum Gasteiger partial charge on any atom is -0.497 e. The lowest BCUT2D eigenvalue weighted by molar-refractivity contribution is 0.231. The summed E-state index contributed by atoms with van der Waals surface area (Å²) in [5.41, 5.74) is 1.86. The van der Waals surface area contributed by atoms with Crippen molar-refractivity contribution < 1.29 is 4.74 Å². The molecule has 7 nitrogen and oxygen atoms in total. The van der Waals surface area contributed by atoms with Gasteiger partial charge in [-0.3, -0.25) is 9.97 Å². The highest BCUT2D eigenvalue weighted by atomic mass is 16.5. The number of nitrogens with zero attached hydrogens (tertiary/aromatic N) is 4. The first kappa shape index (κ1) is 19.8. The number of hydrogen-bond donors (Lipinski definition) is 1. The SMILES string of the molecule is COc1ccc(-n2nc[nH]c2=O)cc1.c1cc(CCN2CCCCC2)ccn1. The highest BCUT2D eigenvalue weighted by Crippen LogP contribution is 2.12. The second-order valence-electron chi connectivity index (χ2n) is 6.71. The molecule has 4 rings (SSSR count). The normalized spacial score (nSPS) is 14.2. The topological polar surface area (TPSA) is 76.0 Å². The number of methoxy groups -OCH3 is 1. The number of hydrogen-bond acceptors (Lipinski definition) is 5. The maximum Gasteiger partial charge on any atom is 0.347 e. The van der Waals surface area contributed by atoms with Crippen molar-refractivity contribution in [2.45, 2.75) is 25.7 Å². The second kappa shape index (κ2) is 10.4. The van der Waals surface area contributed by atoms with E-state index in [1.807, 2.05) is 12.4 Å². The van der Waals surface area contributed by atoms with Gasteiger partial charge in [-0.25, -0.2) is 4.79 Å². The fourth-order valence-corrected chi connectivity index (χ4v) is 3.18. The van der Waals surface area contributed by atoms with Crippen LogP contribution in [0, 0.1) is 0 Å². The van der Waals surface area contributed by atoms with Crippen molar-refractivity contribution >= 4 is 0 Å². The summed E-state index contributed by atoms with van der Waals surface area (Å²) < 4.78 is 6.28. The number of likely N-dealkylation sites (tertiary alicyclic amines) is 1. The van der Waals surface area contributed by atoms with Crippen LogP contribution >= 0.6 is 0 Å². The minimum absolute atomic E-state index is 0.254. The molecule has 0 spiro atoms. The van der Waals surface area contributed by atoms with E-state index >= 15 is 0 Å². The molecule has 0 bridgehead atoms. The average molecular weight is 381 g/mol. The summed E-state index contributed by atoms with van der Waals surface area (Å²) in [5.74, 6) is 0.748. The third-order valence-electron chi connectivity index (χ3n) is 4.79. The Balaban J connectivity index is 0.000000161. The smallest absolute Gasteiger partial charge is 0.347 e. The van der Waals surface area contributed by atoms with Crippen LogP contribution in [0.4, 0.5) is 0 Å². The fraction of sp³-hybridized carbons (Fsp3) is 0.381. The average Bonchev–Trinajstić information content (AvgIpc) is 3.20. The van der Waals surface area contributed by atoms with Gasteiger partial charge in [0.1, 0.15) is 12.1 Å². The molecule has 1 aromatic carbocycles. The van der Waals surface area contributed by atoms with Gasteiger partial charge in [-0.05, 0) is 74.3 Å². The van der Waals surface area contributed by atoms with E-state index in [2.05, 4.69) is 32.1 Å². The van der Waals surface area contributed by atoms with Gasteiger partial charge >= 0.3 is 5.69 Å². The molecular formula is C21H27N5O2. The van der Waals surface area contributed by atoms with Crippen molar-refractivity contribution in [3.63, 3.8) is 0 Å². The fourth-order valence-electron chi connectivity index (χ4n) is 3.18. The number of H-pyrrole nitrogens is 1. The van der Waals surface area contributed by atoms with Gasteiger partial charge in [0.2, 0.25) is 0 Å². The van der Waals surface area contributed by atoms with Gasteiger partial charge in [-0.1, -0.05) is 6.42 Å². The van der Waals surface area contributed by atoms with Crippen molar-refractivity contribution in [1.29, 1.82) is 0 Å². The molecule has 3 heterocycles. The second-order valence-corrected chi connectivity index (χ2v) is 6.71. The molecule has 0 amide bonds. The molecule has 3 aromatic rings. The number of piperidine rings is 1. The Morgan fingerprint density at radius 3 is 2.36 bits per heavy atom. The number of nitrogens with one attached hydrogen (secondary N) is 1. The first-order valence-electron chi connectivity index (χ1n) is 9.64. The van der Waals surface area contributed by atoms with Crippen LogP contribution in [0.2, 0.25) is 0 Å². The van der Waals surface area contributed by atoms with Crippen molar-refractivity contribution in [3.8, 4) is 11.4 Å². The predicted octanol–water partition coefficient (Wildman–Crippen LogP) is 2.68. The predicted molar refractivity (Wildman–Crippen MR) is 109 cm³/mol. The summed E-state index contributed by atoms with van der Waals surface area (Å²) >= 11 is 0. The van der Waals surface area contributed by atoms with Gasteiger partial charge < -0.3 is 9.64 Å². The highest BCUT2D eigenvalue weighted by molar-refractivity contribution is 5.36. The quantitative estimate of drug-likeness (QED) is 0.735. The molecule has 1 aliphatic heterocycles. The van der Waals surface area contributed by atoms with Crippen LogP contribution in [-0.2, 0) is 6.42 Å². The molecular weight excluding hydrogens is 354 g/mol. The molecule has 2 aromatic heterocycles. The van der Waals surface area contributed by atoms with Crippen LogP contribution in [0.1, 0.15) is 24.8 Å². The van der Waals surface area contributed by atoms with E-state index in [9.17, 15) is 4.79 Å². The van der Waals surface area contributed by atoms with E-state index < -0.39 is 0 Å². The van der Waals surface area contributed by atoms with Crippen LogP contribution in [0.5, 0.6) is 5.75 Å². The molecule has 0 saturated carbocycles. The first-order chi connectivity index (χ1) is 13.8. The van der Waals surface area contributed by atoms with Crippen LogP contribution < -0.4 is 10.4 Å². The van der Waals surface area contributed by atoms with Crippen LogP contribution in [-0.4, -0.2) is 51.4 Å². The first-order valence-corrected chi connectivity index (χ1v) is 9.64. The number of pyridine rings is 1. The standard InChI is InChI=1S/C12H18N2.C9H9N3O2/c1-2-9-14(10-3-1)11-6-12-4-7-13-8-5-12;1-14-8-4-2-7(3-5-8)12-9(13)10-6-11-12/h4-5,7-8H,1-3,6,9-11H2;2-6H,1H3,(H,10,11,13). The maximum absolute atomic E-state index is 11.2. The Hall–Kier alpha value is -2.93. The van der Waals surface area contributed by atoms with E-state index in [1.165, 1.54) is 61.9 Å². The summed E-state index contributed by atoms with van der Waals surface area (Å²) in [7, 11) is 1.59. The summed E-state index contributed by atoms with van der Waals surface area (Å²) in [6.45, 7) is 3.81. The molecule has 28 heavy (non-hydrogen) atoms. The van der Waals surface area contributed by atoms with Crippen LogP contribution in [0.3, 0.4) is 0 Å². The third-order valence-corrected chi connectivity index (χ3v) is 4.79. The molecule has 0 radical (unpaired) electrons. The minimum atomic E-state index is -0.254. The maximum atomic E-state index is 11.2. The highest BCUT2D eigenvalue weighted by Gasteiger charge is 2.09. The molecule has 0 aliphatic carbocycles. The monoisotopic (exact) mass is 381 g/mol. The molecule has 0 atom stereocenters. The van der Waals surface area contributed by atoms with E-state index in [4.69, 9.17) is 4.74 Å². The van der Waals surface area contributed by atoms with Gasteiger partial charge in [0.05, 0.1) is 12.8 Å². The van der Waals surface area contributed by atoms with E-state index in [1.54, 1.807) is 31.4 Å². The van der Waals surface area contributed by atoms with E-state index in [0.29, 0.717) is 5.69 Å². The summed E-state index contributed by atoms with van der Waals surface area (Å²) in [6, 6.07) is 11.3. The van der Waals surface area contributed by atoms with E-state index in [0.717, 1.165) is 5.75 Å². The third kappa shape index (κ3) is 5.79. The molecule has 1 saturated heterocycles. The largest absolute Gasteiger partial charge is 0.497 e. The zero-order chi connectivity index (χ0) is 19.6. The number of benzene rings is 1.